The van der Waals surface area contributed by atoms with Gasteiger partial charge in [0.2, 0.25) is 0 Å². The Balaban J connectivity index is 1.68. The number of halogens is 2. The minimum Gasteiger partial charge on any atom is -0.481 e. The highest BCUT2D eigenvalue weighted by molar-refractivity contribution is 5.66. The van der Waals surface area contributed by atoms with Crippen LogP contribution in [0.1, 0.15) is 53.9 Å². The molecule has 29 heavy (non-hydrogen) atoms. The van der Waals surface area contributed by atoms with E-state index in [-0.39, 0.29) is 35.7 Å². The first-order valence-electron chi connectivity index (χ1n) is 9.31. The molecule has 1 N–H and O–H groups in total. The smallest absolute Gasteiger partial charge is 0.305 e. The number of hydrogen-bond donors (Lipinski definition) is 1. The van der Waals surface area contributed by atoms with Crippen LogP contribution < -0.4 is 0 Å². The third kappa shape index (κ3) is 3.41. The minimum absolute atomic E-state index is 0.0495. The second-order valence-corrected chi connectivity index (χ2v) is 7.39. The first kappa shape index (κ1) is 19.2. The fourth-order valence-electron chi connectivity index (χ4n) is 3.89. The molecule has 1 aromatic carbocycles. The number of carboxylic acid groups (broad SMARTS) is 1. The SMILES string of the molecule is Cc1cccc(C)c1C1(c2noc(-c3cc(C(F)F)n(CCC(=O)O)n3)n2)CC1. The van der Waals surface area contributed by atoms with E-state index in [1.54, 1.807) is 0 Å². The summed E-state index contributed by atoms with van der Waals surface area (Å²) in [6.45, 7) is 3.92. The van der Waals surface area contributed by atoms with Gasteiger partial charge >= 0.3 is 5.97 Å². The molecule has 0 radical (unpaired) electrons. The molecule has 0 saturated heterocycles. The quantitative estimate of drug-likeness (QED) is 0.641. The van der Waals surface area contributed by atoms with Crippen molar-refractivity contribution in [3.8, 4) is 11.6 Å². The first-order valence-corrected chi connectivity index (χ1v) is 9.31. The molecule has 0 amide bonds. The summed E-state index contributed by atoms with van der Waals surface area (Å²) in [5.41, 5.74) is 2.87. The lowest BCUT2D eigenvalue weighted by molar-refractivity contribution is -0.137. The molecular formula is C20H20F2N4O3. The Hall–Kier alpha value is -3.10. The fourth-order valence-corrected chi connectivity index (χ4v) is 3.89. The molecule has 1 aliphatic rings. The Morgan fingerprint density at radius 3 is 2.59 bits per heavy atom. The fraction of sp³-hybridized carbons (Fsp3) is 0.400. The van der Waals surface area contributed by atoms with Crippen molar-refractivity contribution in [2.45, 2.75) is 51.5 Å². The zero-order valence-corrected chi connectivity index (χ0v) is 16.0. The van der Waals surface area contributed by atoms with E-state index >= 15 is 0 Å². The number of nitrogens with zero attached hydrogens (tertiary/aromatic N) is 4. The molecule has 1 saturated carbocycles. The zero-order valence-electron chi connectivity index (χ0n) is 16.0. The normalized spacial score (nSPS) is 15.1. The molecule has 4 rings (SSSR count). The largest absolute Gasteiger partial charge is 0.481 e. The van der Waals surface area contributed by atoms with Gasteiger partial charge in [-0.3, -0.25) is 9.48 Å². The molecule has 9 heteroatoms. The van der Waals surface area contributed by atoms with Crippen molar-refractivity contribution < 1.29 is 23.2 Å². The number of alkyl halides is 2. The Labute approximate surface area is 165 Å². The monoisotopic (exact) mass is 402 g/mol. The van der Waals surface area contributed by atoms with Crippen molar-refractivity contribution in [3.05, 3.63) is 52.5 Å². The molecule has 1 aliphatic carbocycles. The van der Waals surface area contributed by atoms with E-state index in [1.807, 2.05) is 32.0 Å². The predicted molar refractivity (Wildman–Crippen MR) is 98.7 cm³/mol. The van der Waals surface area contributed by atoms with Crippen LogP contribution in [0.5, 0.6) is 0 Å². The van der Waals surface area contributed by atoms with Gasteiger partial charge in [0, 0.05) is 0 Å². The maximum atomic E-state index is 13.3. The Morgan fingerprint density at radius 2 is 2.00 bits per heavy atom. The van der Waals surface area contributed by atoms with E-state index in [0.29, 0.717) is 5.82 Å². The summed E-state index contributed by atoms with van der Waals surface area (Å²) in [7, 11) is 0. The molecule has 152 valence electrons. The molecule has 0 bridgehead atoms. The van der Waals surface area contributed by atoms with Gasteiger partial charge in [-0.2, -0.15) is 10.1 Å². The number of carboxylic acids is 1. The molecule has 2 aromatic heterocycles. The molecule has 2 heterocycles. The maximum Gasteiger partial charge on any atom is 0.305 e. The van der Waals surface area contributed by atoms with E-state index in [9.17, 15) is 13.6 Å². The van der Waals surface area contributed by atoms with Crippen LogP contribution in [0.2, 0.25) is 0 Å². The van der Waals surface area contributed by atoms with Crippen LogP contribution in [-0.4, -0.2) is 31.0 Å². The van der Waals surface area contributed by atoms with Gasteiger partial charge in [-0.05, 0) is 49.4 Å². The molecule has 3 aromatic rings. The van der Waals surface area contributed by atoms with Gasteiger partial charge in [-0.1, -0.05) is 23.4 Å². The molecule has 7 nitrogen and oxygen atoms in total. The standard InChI is InChI=1S/C20H20F2N4O3/c1-11-4-3-5-12(2)16(11)20(7-8-20)19-23-18(29-25-19)13-10-14(17(21)22)26(24-13)9-6-15(27)28/h3-5,10,17H,6-9H2,1-2H3,(H,27,28). The zero-order chi connectivity index (χ0) is 20.8. The average molecular weight is 402 g/mol. The summed E-state index contributed by atoms with van der Waals surface area (Å²) in [4.78, 5) is 15.2. The van der Waals surface area contributed by atoms with Crippen LogP contribution in [0.25, 0.3) is 11.6 Å². The highest BCUT2D eigenvalue weighted by atomic mass is 19.3. The van der Waals surface area contributed by atoms with Crippen LogP contribution in [0.4, 0.5) is 8.78 Å². The molecule has 0 atom stereocenters. The van der Waals surface area contributed by atoms with E-state index in [0.717, 1.165) is 28.7 Å². The van der Waals surface area contributed by atoms with Gasteiger partial charge in [0.1, 0.15) is 5.69 Å². The van der Waals surface area contributed by atoms with Crippen LogP contribution in [-0.2, 0) is 16.8 Å². The van der Waals surface area contributed by atoms with Crippen molar-refractivity contribution in [1.82, 2.24) is 19.9 Å². The number of aromatic nitrogens is 4. The number of aliphatic carboxylic acids is 1. The van der Waals surface area contributed by atoms with Gasteiger partial charge in [0.15, 0.2) is 11.5 Å². The minimum atomic E-state index is -2.79. The lowest BCUT2D eigenvalue weighted by atomic mass is 9.87. The van der Waals surface area contributed by atoms with E-state index in [2.05, 4.69) is 15.2 Å². The highest BCUT2D eigenvalue weighted by Gasteiger charge is 2.51. The number of hydrogen-bond acceptors (Lipinski definition) is 5. The second kappa shape index (κ2) is 7.06. The second-order valence-electron chi connectivity index (χ2n) is 7.39. The van der Waals surface area contributed by atoms with E-state index < -0.39 is 12.4 Å². The predicted octanol–water partition coefficient (Wildman–Crippen LogP) is 4.04. The van der Waals surface area contributed by atoms with Crippen LogP contribution in [0.15, 0.2) is 28.8 Å². The first-order chi connectivity index (χ1) is 13.8. The third-order valence-electron chi connectivity index (χ3n) is 5.35. The molecule has 0 aliphatic heterocycles. The van der Waals surface area contributed by atoms with E-state index in [1.165, 1.54) is 11.6 Å². The molecular weight excluding hydrogens is 382 g/mol. The average Bonchev–Trinajstić information content (AvgIpc) is 3.12. The number of rotatable bonds is 7. The Bertz CT molecular complexity index is 1050. The number of aryl methyl sites for hydroxylation is 3. The van der Waals surface area contributed by atoms with Crippen molar-refractivity contribution in [2.75, 3.05) is 0 Å². The summed E-state index contributed by atoms with van der Waals surface area (Å²) in [5.74, 6) is -0.524. The van der Waals surface area contributed by atoms with Crippen molar-refractivity contribution in [3.63, 3.8) is 0 Å². The summed E-state index contributed by atoms with van der Waals surface area (Å²) in [6.07, 6.45) is -1.34. The van der Waals surface area contributed by atoms with Gasteiger partial charge in [-0.25, -0.2) is 8.78 Å². The Morgan fingerprint density at radius 1 is 1.31 bits per heavy atom. The summed E-state index contributed by atoms with van der Waals surface area (Å²) < 4.78 is 33.0. The lowest BCUT2D eigenvalue weighted by Gasteiger charge is -2.17. The number of benzene rings is 1. The summed E-state index contributed by atoms with van der Waals surface area (Å²) in [5, 5.41) is 17.0. The molecule has 1 fully saturated rings. The third-order valence-corrected chi connectivity index (χ3v) is 5.35. The van der Waals surface area contributed by atoms with E-state index in [4.69, 9.17) is 9.63 Å². The Kier molecular flexibility index (Phi) is 4.68. The molecule has 0 unspecified atom stereocenters. The van der Waals surface area contributed by atoms with Crippen LogP contribution >= 0.6 is 0 Å². The molecule has 0 spiro atoms. The van der Waals surface area contributed by atoms with Gasteiger partial charge in [0.05, 0.1) is 18.4 Å². The maximum absolute atomic E-state index is 13.3. The van der Waals surface area contributed by atoms with Crippen LogP contribution in [0, 0.1) is 13.8 Å². The van der Waals surface area contributed by atoms with Crippen LogP contribution in [0.3, 0.4) is 0 Å². The lowest BCUT2D eigenvalue weighted by Crippen LogP contribution is -2.14. The highest BCUT2D eigenvalue weighted by Crippen LogP contribution is 2.54. The van der Waals surface area contributed by atoms with Gasteiger partial charge in [0.25, 0.3) is 12.3 Å². The van der Waals surface area contributed by atoms with Crippen molar-refractivity contribution in [2.24, 2.45) is 0 Å². The van der Waals surface area contributed by atoms with Gasteiger partial charge in [-0.15, -0.1) is 0 Å². The topological polar surface area (TPSA) is 94.0 Å². The summed E-state index contributed by atoms with van der Waals surface area (Å²) in [6, 6.07) is 7.26. The number of carbonyl (C=O) groups is 1. The van der Waals surface area contributed by atoms with Crippen molar-refractivity contribution in [1.29, 1.82) is 0 Å². The van der Waals surface area contributed by atoms with Gasteiger partial charge < -0.3 is 9.63 Å². The van der Waals surface area contributed by atoms with Crippen molar-refractivity contribution >= 4 is 5.97 Å². The summed E-state index contributed by atoms with van der Waals surface area (Å²) >= 11 is 0.